The highest BCUT2D eigenvalue weighted by molar-refractivity contribution is 7.02. The van der Waals surface area contributed by atoms with Crippen LogP contribution in [0.2, 0.25) is 13.1 Å². The van der Waals surface area contributed by atoms with Crippen LogP contribution in [0.1, 0.15) is 22.3 Å². The summed E-state index contributed by atoms with van der Waals surface area (Å²) in [7, 11) is -2.47. The van der Waals surface area contributed by atoms with Crippen molar-refractivity contribution in [1.82, 2.24) is 19.5 Å². The van der Waals surface area contributed by atoms with Gasteiger partial charge in [-0.2, -0.15) is 0 Å². The van der Waals surface area contributed by atoms with Crippen molar-refractivity contribution in [3.8, 4) is 39.9 Å². The molecule has 1 unspecified atom stereocenters. The Morgan fingerprint density at radius 2 is 0.967 bits per heavy atom. The summed E-state index contributed by atoms with van der Waals surface area (Å²) in [6.45, 7) is 5.03. The third-order valence-electron chi connectivity index (χ3n) is 13.6. The minimum absolute atomic E-state index is 0.597. The topological polar surface area (TPSA) is 43.6 Å². The summed E-state index contributed by atoms with van der Waals surface area (Å²) >= 11 is 0. The smallest absolute Gasteiger partial charge is 0.164 e. The molecule has 11 aromatic rings. The summed E-state index contributed by atoms with van der Waals surface area (Å²) < 4.78 is 2.52. The Balaban J connectivity index is 1.14. The second-order valence-corrected chi connectivity index (χ2v) is 21.4. The lowest BCUT2D eigenvalue weighted by Gasteiger charge is -2.50. The molecular formula is C56H38N4Si. The quantitative estimate of drug-likeness (QED) is 0.167. The SMILES string of the molecule is C[Si]1(C)c2ccccc2C2(c3ccccc3-n3c4ccccc4c4cccc2c43)c2cccc(-c3nc(-c4ccc5ccccc5c4)nc(-c4ccc5ccccc5c4)n3)c21. The summed E-state index contributed by atoms with van der Waals surface area (Å²) in [6, 6.07) is 71.2. The minimum atomic E-state index is -2.47. The van der Waals surface area contributed by atoms with E-state index in [1.165, 1.54) is 70.9 Å². The van der Waals surface area contributed by atoms with Gasteiger partial charge in [-0.05, 0) is 78.4 Å². The fraction of sp³-hybridized carbons (Fsp3) is 0.0536. The van der Waals surface area contributed by atoms with Gasteiger partial charge in [-0.1, -0.05) is 183 Å². The molecule has 0 N–H and O–H groups in total. The molecule has 1 spiro atoms. The molecule has 2 aliphatic heterocycles. The molecule has 13 rings (SSSR count). The van der Waals surface area contributed by atoms with Crippen LogP contribution in [-0.2, 0) is 5.41 Å². The molecule has 286 valence electrons. The Hall–Kier alpha value is -7.47. The molecule has 2 aromatic heterocycles. The van der Waals surface area contributed by atoms with Crippen molar-refractivity contribution in [3.05, 3.63) is 216 Å². The summed E-state index contributed by atoms with van der Waals surface area (Å²) in [5.74, 6) is 2.03. The van der Waals surface area contributed by atoms with Crippen LogP contribution in [0.4, 0.5) is 0 Å². The van der Waals surface area contributed by atoms with Crippen LogP contribution >= 0.6 is 0 Å². The van der Waals surface area contributed by atoms with Crippen LogP contribution < -0.4 is 10.4 Å². The molecular weight excluding hydrogens is 757 g/mol. The zero-order chi connectivity index (χ0) is 40.5. The Morgan fingerprint density at radius 1 is 0.426 bits per heavy atom. The lowest BCUT2D eigenvalue weighted by molar-refractivity contribution is 0.732. The fourth-order valence-electron chi connectivity index (χ4n) is 11.1. The number of benzene rings is 9. The van der Waals surface area contributed by atoms with E-state index in [-0.39, 0.29) is 0 Å². The van der Waals surface area contributed by atoms with Crippen molar-refractivity contribution >= 4 is 61.8 Å². The van der Waals surface area contributed by atoms with Crippen molar-refractivity contribution in [2.24, 2.45) is 0 Å². The fourth-order valence-corrected chi connectivity index (χ4v) is 14.6. The van der Waals surface area contributed by atoms with Gasteiger partial charge >= 0.3 is 0 Å². The van der Waals surface area contributed by atoms with E-state index >= 15 is 0 Å². The summed E-state index contributed by atoms with van der Waals surface area (Å²) in [5.41, 5.74) is 11.4. The van der Waals surface area contributed by atoms with Crippen LogP contribution in [0.5, 0.6) is 0 Å². The van der Waals surface area contributed by atoms with Gasteiger partial charge < -0.3 is 4.57 Å². The van der Waals surface area contributed by atoms with Crippen molar-refractivity contribution in [2.45, 2.75) is 18.5 Å². The second-order valence-electron chi connectivity index (χ2n) is 17.2. The maximum atomic E-state index is 5.48. The first-order valence-electron chi connectivity index (χ1n) is 21.1. The van der Waals surface area contributed by atoms with Crippen LogP contribution in [0.15, 0.2) is 194 Å². The van der Waals surface area contributed by atoms with Gasteiger partial charge in [0.15, 0.2) is 17.5 Å². The van der Waals surface area contributed by atoms with Crippen molar-refractivity contribution in [1.29, 1.82) is 0 Å². The van der Waals surface area contributed by atoms with Crippen molar-refractivity contribution < 1.29 is 0 Å². The first-order chi connectivity index (χ1) is 30.0. The summed E-state index contributed by atoms with van der Waals surface area (Å²) in [5, 5.41) is 10.0. The number of rotatable bonds is 3. The van der Waals surface area contributed by atoms with Gasteiger partial charge in [0.05, 0.1) is 22.1 Å². The van der Waals surface area contributed by atoms with E-state index in [1.54, 1.807) is 0 Å². The average molecular weight is 795 g/mol. The van der Waals surface area contributed by atoms with E-state index < -0.39 is 13.5 Å². The summed E-state index contributed by atoms with van der Waals surface area (Å²) in [4.78, 5) is 16.2. The molecule has 4 nitrogen and oxygen atoms in total. The predicted octanol–water partition coefficient (Wildman–Crippen LogP) is 12.1. The first kappa shape index (κ1) is 34.4. The van der Waals surface area contributed by atoms with E-state index in [0.29, 0.717) is 17.5 Å². The molecule has 0 bridgehead atoms. The minimum Gasteiger partial charge on any atom is -0.309 e. The molecule has 2 aliphatic rings. The number of hydrogen-bond donors (Lipinski definition) is 0. The van der Waals surface area contributed by atoms with Gasteiger partial charge in [0.1, 0.15) is 8.07 Å². The van der Waals surface area contributed by atoms with E-state index in [4.69, 9.17) is 15.0 Å². The molecule has 0 fully saturated rings. The van der Waals surface area contributed by atoms with Gasteiger partial charge in [0.25, 0.3) is 0 Å². The van der Waals surface area contributed by atoms with E-state index in [1.807, 2.05) is 0 Å². The molecule has 5 heteroatoms. The van der Waals surface area contributed by atoms with Crippen LogP contribution in [0.25, 0.3) is 83.2 Å². The van der Waals surface area contributed by atoms with Crippen molar-refractivity contribution in [2.75, 3.05) is 0 Å². The Bertz CT molecular complexity index is 3560. The Morgan fingerprint density at radius 3 is 1.70 bits per heavy atom. The molecule has 0 amide bonds. The molecule has 0 saturated carbocycles. The van der Waals surface area contributed by atoms with Gasteiger partial charge in [-0.25, -0.2) is 15.0 Å². The third-order valence-corrected chi connectivity index (χ3v) is 17.2. The van der Waals surface area contributed by atoms with Crippen LogP contribution in [-0.4, -0.2) is 27.6 Å². The Kier molecular flexibility index (Phi) is 7.06. The van der Waals surface area contributed by atoms with E-state index in [0.717, 1.165) is 27.5 Å². The van der Waals surface area contributed by atoms with E-state index in [9.17, 15) is 0 Å². The molecule has 9 aromatic carbocycles. The van der Waals surface area contributed by atoms with Gasteiger partial charge in [-0.15, -0.1) is 0 Å². The zero-order valence-corrected chi connectivity index (χ0v) is 34.8. The Labute approximate surface area is 354 Å². The molecule has 0 aliphatic carbocycles. The highest BCUT2D eigenvalue weighted by Gasteiger charge is 2.54. The van der Waals surface area contributed by atoms with Crippen molar-refractivity contribution in [3.63, 3.8) is 0 Å². The standard InChI is InChI=1S/C56H38N4Si/c1-61(2)50-28-12-9-23-45(50)56(44-22-8-11-27-49(44)60-48-26-10-7-19-41(48)42-20-13-24-46(56)51(42)60)47-25-14-21-43(52(47)61)55-58-53(39-31-29-35-15-3-5-17-37(35)33-39)57-54(59-55)40-32-30-36-16-4-6-18-38(36)34-40/h3-34H,1-2H3. The number of para-hydroxylation sites is 3. The zero-order valence-electron chi connectivity index (χ0n) is 33.8. The van der Waals surface area contributed by atoms with Gasteiger partial charge in [-0.3, -0.25) is 0 Å². The second kappa shape index (κ2) is 12.5. The molecule has 0 radical (unpaired) electrons. The number of aromatic nitrogens is 4. The predicted molar refractivity (Wildman–Crippen MR) is 254 cm³/mol. The molecule has 1 atom stereocenters. The van der Waals surface area contributed by atoms with E-state index in [2.05, 4.69) is 212 Å². The van der Waals surface area contributed by atoms with Gasteiger partial charge in [0.2, 0.25) is 0 Å². The third kappa shape index (κ3) is 4.67. The lowest BCUT2D eigenvalue weighted by atomic mass is 9.62. The lowest BCUT2D eigenvalue weighted by Crippen LogP contribution is -2.64. The monoisotopic (exact) mass is 794 g/mol. The number of nitrogens with zero attached hydrogens (tertiary/aromatic N) is 4. The van der Waals surface area contributed by atoms with Crippen LogP contribution in [0, 0.1) is 0 Å². The average Bonchev–Trinajstić information content (AvgIpc) is 3.66. The molecule has 61 heavy (non-hydrogen) atoms. The maximum absolute atomic E-state index is 5.48. The highest BCUT2D eigenvalue weighted by Crippen LogP contribution is 2.55. The summed E-state index contributed by atoms with van der Waals surface area (Å²) in [6.07, 6.45) is 0. The van der Waals surface area contributed by atoms with Gasteiger partial charge in [0, 0.05) is 27.5 Å². The molecule has 4 heterocycles. The number of fused-ring (bicyclic) bond motifs is 13. The number of hydrogen-bond acceptors (Lipinski definition) is 3. The normalized spacial score (nSPS) is 15.9. The highest BCUT2D eigenvalue weighted by atomic mass is 28.3. The molecule has 0 saturated heterocycles. The largest absolute Gasteiger partial charge is 0.309 e. The van der Waals surface area contributed by atoms with Crippen LogP contribution in [0.3, 0.4) is 0 Å². The maximum Gasteiger partial charge on any atom is 0.164 e. The first-order valence-corrected chi connectivity index (χ1v) is 24.1.